The maximum absolute atomic E-state index is 14.6. The summed E-state index contributed by atoms with van der Waals surface area (Å²) in [6, 6.07) is 14.1. The first-order valence-corrected chi connectivity index (χ1v) is 22.2. The van der Waals surface area contributed by atoms with Crippen LogP contribution >= 0.6 is 0 Å². The fraction of sp³-hybridized carbons (Fsp3) is 0.500. The third kappa shape index (κ3) is 9.28. The zero-order chi connectivity index (χ0) is 43.0. The van der Waals surface area contributed by atoms with E-state index in [0.29, 0.717) is 54.3 Å². The lowest BCUT2D eigenvalue weighted by atomic mass is 9.88. The molecule has 15 nitrogen and oxygen atoms in total. The fourth-order valence-electron chi connectivity index (χ4n) is 8.27. The molecule has 3 aromatic rings. The quantitative estimate of drug-likeness (QED) is 0.188. The van der Waals surface area contributed by atoms with Gasteiger partial charge in [0.2, 0.25) is 21.8 Å². The van der Waals surface area contributed by atoms with Crippen molar-refractivity contribution < 1.29 is 42.2 Å². The van der Waals surface area contributed by atoms with Gasteiger partial charge in [-0.3, -0.25) is 24.1 Å². The lowest BCUT2D eigenvalue weighted by molar-refractivity contribution is -0.142. The maximum atomic E-state index is 14.6. The molecule has 7 atom stereocenters. The van der Waals surface area contributed by atoms with Gasteiger partial charge < -0.3 is 30.1 Å². The van der Waals surface area contributed by atoms with Gasteiger partial charge in [-0.05, 0) is 108 Å². The average Bonchev–Trinajstić information content (AvgIpc) is 4.08. The van der Waals surface area contributed by atoms with E-state index >= 15 is 0 Å². The number of pyridine rings is 2. The number of nitrogens with one attached hydrogen (secondary N) is 3. The van der Waals surface area contributed by atoms with Gasteiger partial charge in [-0.1, -0.05) is 32.1 Å². The lowest BCUT2D eigenvalue weighted by Crippen LogP contribution is -2.59. The molecule has 4 heterocycles. The topological polar surface area (TPSA) is 206 Å². The molecule has 4 aliphatic rings. The molecule has 2 aliphatic heterocycles. The summed E-state index contributed by atoms with van der Waals surface area (Å²) in [5.41, 5.74) is 0.914. The highest BCUT2D eigenvalue weighted by molar-refractivity contribution is 7.91. The van der Waals surface area contributed by atoms with Gasteiger partial charge in [0.25, 0.3) is 5.91 Å². The molecule has 2 aromatic heterocycles. The molecule has 4 amide bonds. The van der Waals surface area contributed by atoms with E-state index in [9.17, 15) is 32.7 Å². The van der Waals surface area contributed by atoms with Crippen LogP contribution in [0, 0.1) is 17.8 Å². The number of hydrogen-bond acceptors (Lipinski definition) is 10. The molecule has 4 N–H and O–H groups in total. The van der Waals surface area contributed by atoms with Crippen LogP contribution in [0.3, 0.4) is 0 Å². The monoisotopic (exact) mass is 842 g/mol. The van der Waals surface area contributed by atoms with Crippen LogP contribution in [-0.4, -0.2) is 93.3 Å². The van der Waals surface area contributed by atoms with Crippen molar-refractivity contribution in [2.45, 2.75) is 114 Å². The highest BCUT2D eigenvalue weighted by Crippen LogP contribution is 2.47. The maximum Gasteiger partial charge on any atom is 0.405 e. The fourth-order valence-corrected chi connectivity index (χ4v) is 9.58. The summed E-state index contributed by atoms with van der Waals surface area (Å²) >= 11 is 0. The Balaban J connectivity index is 1.23. The number of carboxylic acid groups (broad SMARTS) is 1. The van der Waals surface area contributed by atoms with Crippen LogP contribution in [0.25, 0.3) is 22.6 Å². The molecule has 1 aromatic carbocycles. The summed E-state index contributed by atoms with van der Waals surface area (Å²) in [5.74, 6) is -1.80. The molecular weight excluding hydrogens is 789 g/mol. The number of allylic oxidation sites excluding steroid dienone is 1. The van der Waals surface area contributed by atoms with Crippen molar-refractivity contribution in [2.75, 3.05) is 6.54 Å². The van der Waals surface area contributed by atoms with Gasteiger partial charge in [0.05, 0.1) is 34.5 Å². The summed E-state index contributed by atoms with van der Waals surface area (Å²) < 4.78 is 40.1. The number of nitrogens with zero attached hydrogens (tertiary/aromatic N) is 3. The zero-order valence-electron chi connectivity index (χ0n) is 34.6. The minimum Gasteiger partial charge on any atom is -0.491 e. The molecule has 0 spiro atoms. The van der Waals surface area contributed by atoms with Gasteiger partial charge in [-0.15, -0.1) is 0 Å². The lowest BCUT2D eigenvalue weighted by Gasteiger charge is -2.32. The number of ether oxygens (including phenoxy) is 2. The van der Waals surface area contributed by atoms with E-state index in [1.807, 2.05) is 76.2 Å². The molecular formula is C44H54N6O9S. The second kappa shape index (κ2) is 16.9. The number of amides is 4. The van der Waals surface area contributed by atoms with Gasteiger partial charge in [0, 0.05) is 36.2 Å². The van der Waals surface area contributed by atoms with Crippen molar-refractivity contribution in [3.63, 3.8) is 0 Å². The highest BCUT2D eigenvalue weighted by atomic mass is 32.2. The minimum absolute atomic E-state index is 0.00434. The Bertz CT molecular complexity index is 2250. The van der Waals surface area contributed by atoms with Crippen LogP contribution in [0.1, 0.15) is 79.6 Å². The number of aromatic nitrogens is 2. The number of benzene rings is 1. The molecule has 3 fully saturated rings. The standard InChI is InChI=1S/C44H54N6O9S/c1-26(2)58-31-15-13-29(14-16-31)35-21-32(22-36(46-35)34-12-8-9-19-45-34)59-33-23-37-39(51)48-44(41(53)49-60(56,57)43(5)17-18-43)24-30(44)11-7-6-10-27(3)20-28(4)38(47-42(54)55)40(52)50(37)25-33/h7-9,11-16,19,21-22,26-28,30,33,37-38,47H,6,10,17-18,20,23-25H2,1-5H3,(H,48,51)(H,49,53)(H,54,55)/b11-7-/t27-,28+,30+,33+,37-,38-,44+/m0/s1. The van der Waals surface area contributed by atoms with Crippen LogP contribution in [0.4, 0.5) is 4.79 Å². The molecule has 1 saturated heterocycles. The summed E-state index contributed by atoms with van der Waals surface area (Å²) in [5, 5.41) is 15.2. The summed E-state index contributed by atoms with van der Waals surface area (Å²) in [6.45, 7) is 9.24. The third-order valence-electron chi connectivity index (χ3n) is 12.1. The van der Waals surface area contributed by atoms with E-state index < -0.39 is 74.1 Å². The van der Waals surface area contributed by atoms with Crippen LogP contribution in [0.15, 0.2) is 72.9 Å². The minimum atomic E-state index is -4.03. The molecule has 0 radical (unpaired) electrons. The van der Waals surface area contributed by atoms with E-state index in [2.05, 4.69) is 20.3 Å². The zero-order valence-corrected chi connectivity index (χ0v) is 35.4. The molecule has 2 aliphatic carbocycles. The van der Waals surface area contributed by atoms with E-state index in [1.165, 1.54) is 4.90 Å². The average molecular weight is 843 g/mol. The van der Waals surface area contributed by atoms with E-state index in [-0.39, 0.29) is 31.4 Å². The van der Waals surface area contributed by atoms with E-state index in [1.54, 1.807) is 31.3 Å². The Morgan fingerprint density at radius 3 is 2.40 bits per heavy atom. The Kier molecular flexibility index (Phi) is 12.0. The highest BCUT2D eigenvalue weighted by Gasteiger charge is 2.63. The number of rotatable bonds is 10. The number of fused-ring (bicyclic) bond motifs is 2. The van der Waals surface area contributed by atoms with Crippen molar-refractivity contribution in [3.05, 3.63) is 72.9 Å². The van der Waals surface area contributed by atoms with Gasteiger partial charge in [0.15, 0.2) is 0 Å². The van der Waals surface area contributed by atoms with Crippen molar-refractivity contribution in [3.8, 4) is 34.1 Å². The number of carbonyl (C=O) groups is 4. The Hall–Kier alpha value is -5.51. The molecule has 60 heavy (non-hydrogen) atoms. The molecule has 0 unspecified atom stereocenters. The Morgan fingerprint density at radius 1 is 1.00 bits per heavy atom. The third-order valence-corrected chi connectivity index (χ3v) is 14.2. The first kappa shape index (κ1) is 42.6. The normalized spacial score (nSPS) is 28.2. The van der Waals surface area contributed by atoms with Gasteiger partial charge in [-0.25, -0.2) is 18.2 Å². The van der Waals surface area contributed by atoms with Gasteiger partial charge in [0.1, 0.15) is 35.2 Å². The molecule has 2 saturated carbocycles. The van der Waals surface area contributed by atoms with Crippen LogP contribution < -0.4 is 24.8 Å². The number of carbonyl (C=O) groups excluding carboxylic acids is 3. The van der Waals surface area contributed by atoms with Crippen molar-refractivity contribution >= 4 is 33.8 Å². The number of hydrogen-bond donors (Lipinski definition) is 4. The van der Waals surface area contributed by atoms with Crippen LogP contribution in [-0.2, 0) is 24.4 Å². The summed E-state index contributed by atoms with van der Waals surface area (Å²) in [6.07, 6.45) is 6.21. The molecule has 320 valence electrons. The number of sulfonamides is 1. The summed E-state index contributed by atoms with van der Waals surface area (Å²) in [7, 11) is -4.03. The predicted molar refractivity (Wildman–Crippen MR) is 223 cm³/mol. The predicted octanol–water partition coefficient (Wildman–Crippen LogP) is 5.47. The largest absolute Gasteiger partial charge is 0.491 e. The first-order chi connectivity index (χ1) is 28.5. The van der Waals surface area contributed by atoms with Crippen molar-refractivity contribution in [2.24, 2.45) is 17.8 Å². The van der Waals surface area contributed by atoms with E-state index in [0.717, 1.165) is 12.0 Å². The van der Waals surface area contributed by atoms with Crippen molar-refractivity contribution in [1.82, 2.24) is 30.2 Å². The second-order valence-corrected chi connectivity index (χ2v) is 19.6. The molecule has 7 rings (SSSR count). The van der Waals surface area contributed by atoms with E-state index in [4.69, 9.17) is 14.5 Å². The Labute approximate surface area is 350 Å². The molecule has 0 bridgehead atoms. The first-order valence-electron chi connectivity index (χ1n) is 20.7. The van der Waals surface area contributed by atoms with Gasteiger partial charge in [-0.2, -0.15) is 0 Å². The SMILES string of the molecule is CC(C)Oc1ccc(-c2cc(O[C@@H]3C[C@H]4C(=O)N[C@]5(C(=O)NS(=O)(=O)C6(C)CC6)C[C@H]5/C=C\CC[C@H](C)C[C@@H](C)[C@H](NC(=O)O)C(=O)N4C3)cc(-c3ccccn3)n2)cc1. The second-order valence-electron chi connectivity index (χ2n) is 17.4. The van der Waals surface area contributed by atoms with Crippen LogP contribution in [0.5, 0.6) is 11.5 Å². The summed E-state index contributed by atoms with van der Waals surface area (Å²) in [4.78, 5) is 66.0. The van der Waals surface area contributed by atoms with Crippen LogP contribution in [0.2, 0.25) is 0 Å². The smallest absolute Gasteiger partial charge is 0.405 e. The van der Waals surface area contributed by atoms with Crippen molar-refractivity contribution in [1.29, 1.82) is 0 Å². The van der Waals surface area contributed by atoms with Gasteiger partial charge >= 0.3 is 6.09 Å². The Morgan fingerprint density at radius 2 is 1.73 bits per heavy atom. The molecule has 16 heteroatoms.